The molecule has 4 heterocycles. The number of benzene rings is 1. The van der Waals surface area contributed by atoms with E-state index in [9.17, 15) is 9.50 Å². The first-order valence-corrected chi connectivity index (χ1v) is 10.5. The van der Waals surface area contributed by atoms with Gasteiger partial charge in [-0.25, -0.2) is 9.37 Å². The standard InChI is InChI=1S/C22H27FN4O2/c1-27(19-9-15-3-5-17(26-15)22(19)23)21-11-24-18(10-25-21)16-4-2-13(8-20(16)28)14-6-7-29-12-14/h2,4,8,10-11,14-15,17,19,22,26,28H,3,5-7,9,12H2,1H3/t14-,15?,17?,19+,22-/m1/s1. The lowest BCUT2D eigenvalue weighted by molar-refractivity contribution is 0.176. The molecule has 3 fully saturated rings. The number of phenols is 1. The van der Waals surface area contributed by atoms with Crippen LogP contribution in [0.3, 0.4) is 0 Å². The summed E-state index contributed by atoms with van der Waals surface area (Å²) in [5.41, 5.74) is 2.34. The highest BCUT2D eigenvalue weighted by Gasteiger charge is 2.43. The molecule has 5 atom stereocenters. The van der Waals surface area contributed by atoms with Gasteiger partial charge in [0.2, 0.25) is 0 Å². The molecule has 3 aliphatic rings. The van der Waals surface area contributed by atoms with Crippen molar-refractivity contribution in [3.63, 3.8) is 0 Å². The lowest BCUT2D eigenvalue weighted by Gasteiger charge is -2.38. The zero-order valence-corrected chi connectivity index (χ0v) is 16.6. The summed E-state index contributed by atoms with van der Waals surface area (Å²) in [6.45, 7) is 1.47. The number of anilines is 1. The number of rotatable bonds is 4. The first-order valence-electron chi connectivity index (χ1n) is 10.5. The average molecular weight is 398 g/mol. The van der Waals surface area contributed by atoms with Gasteiger partial charge in [0.05, 0.1) is 30.7 Å². The van der Waals surface area contributed by atoms with Crippen molar-refractivity contribution >= 4 is 5.82 Å². The third-order valence-corrected chi connectivity index (χ3v) is 6.75. The molecule has 154 valence electrons. The van der Waals surface area contributed by atoms with Crippen molar-refractivity contribution in [1.29, 1.82) is 0 Å². The van der Waals surface area contributed by atoms with E-state index >= 15 is 0 Å². The van der Waals surface area contributed by atoms with Gasteiger partial charge in [0.15, 0.2) is 0 Å². The number of phenolic OH excluding ortho intramolecular Hbond substituents is 1. The molecule has 2 N–H and O–H groups in total. The number of aromatic nitrogens is 2. The van der Waals surface area contributed by atoms with Gasteiger partial charge in [-0.2, -0.15) is 0 Å². The summed E-state index contributed by atoms with van der Waals surface area (Å²) in [5, 5.41) is 13.9. The molecule has 0 amide bonds. The van der Waals surface area contributed by atoms with Crippen LogP contribution in [-0.2, 0) is 4.74 Å². The van der Waals surface area contributed by atoms with Crippen molar-refractivity contribution in [2.45, 2.75) is 55.9 Å². The molecule has 1 aromatic heterocycles. The van der Waals surface area contributed by atoms with Gasteiger partial charge in [0, 0.05) is 37.2 Å². The topological polar surface area (TPSA) is 70.5 Å². The van der Waals surface area contributed by atoms with E-state index in [0.717, 1.165) is 37.9 Å². The van der Waals surface area contributed by atoms with Gasteiger partial charge in [-0.1, -0.05) is 6.07 Å². The highest BCUT2D eigenvalue weighted by molar-refractivity contribution is 5.67. The number of fused-ring (bicyclic) bond motifs is 2. The molecule has 2 bridgehead atoms. The molecule has 1 aromatic carbocycles. The molecule has 6 nitrogen and oxygen atoms in total. The van der Waals surface area contributed by atoms with Gasteiger partial charge in [0.1, 0.15) is 17.7 Å². The Labute approximate surface area is 170 Å². The molecule has 3 aliphatic heterocycles. The summed E-state index contributed by atoms with van der Waals surface area (Å²) in [7, 11) is 1.89. The van der Waals surface area contributed by atoms with E-state index in [-0.39, 0.29) is 17.8 Å². The third kappa shape index (κ3) is 3.46. The van der Waals surface area contributed by atoms with Crippen molar-refractivity contribution in [1.82, 2.24) is 15.3 Å². The summed E-state index contributed by atoms with van der Waals surface area (Å²) in [6, 6.07) is 5.87. The highest BCUT2D eigenvalue weighted by Crippen LogP contribution is 2.35. The Morgan fingerprint density at radius 1 is 1.21 bits per heavy atom. The minimum atomic E-state index is -0.906. The van der Waals surface area contributed by atoms with E-state index < -0.39 is 6.17 Å². The molecule has 0 spiro atoms. The molecular weight excluding hydrogens is 371 g/mol. The van der Waals surface area contributed by atoms with E-state index in [1.54, 1.807) is 18.5 Å². The predicted octanol–water partition coefficient (Wildman–Crippen LogP) is 3.02. The quantitative estimate of drug-likeness (QED) is 0.825. The summed E-state index contributed by atoms with van der Waals surface area (Å²) in [4.78, 5) is 10.9. The van der Waals surface area contributed by atoms with Crippen LogP contribution >= 0.6 is 0 Å². The maximum atomic E-state index is 14.8. The summed E-state index contributed by atoms with van der Waals surface area (Å²) >= 11 is 0. The molecule has 29 heavy (non-hydrogen) atoms. The van der Waals surface area contributed by atoms with Crippen molar-refractivity contribution in [2.24, 2.45) is 0 Å². The first kappa shape index (κ1) is 18.8. The van der Waals surface area contributed by atoms with Crippen LogP contribution in [0.2, 0.25) is 0 Å². The molecule has 3 saturated heterocycles. The second-order valence-electron chi connectivity index (χ2n) is 8.50. The Morgan fingerprint density at radius 3 is 2.83 bits per heavy atom. The Morgan fingerprint density at radius 2 is 2.10 bits per heavy atom. The summed E-state index contributed by atoms with van der Waals surface area (Å²) < 4.78 is 20.3. The van der Waals surface area contributed by atoms with Gasteiger partial charge < -0.3 is 20.1 Å². The lowest BCUT2D eigenvalue weighted by Crippen LogP contribution is -2.55. The molecule has 0 aliphatic carbocycles. The largest absolute Gasteiger partial charge is 0.507 e. The molecule has 0 saturated carbocycles. The molecule has 0 radical (unpaired) electrons. The van der Waals surface area contributed by atoms with Gasteiger partial charge in [-0.3, -0.25) is 4.98 Å². The van der Waals surface area contributed by atoms with Crippen LogP contribution in [0.25, 0.3) is 11.3 Å². The lowest BCUT2D eigenvalue weighted by atomic mass is 9.96. The Hall–Kier alpha value is -2.25. The number of alkyl halides is 1. The van der Waals surface area contributed by atoms with Crippen molar-refractivity contribution in [3.05, 3.63) is 36.2 Å². The van der Waals surface area contributed by atoms with Crippen LogP contribution in [0.15, 0.2) is 30.6 Å². The van der Waals surface area contributed by atoms with Crippen molar-refractivity contribution < 1.29 is 14.2 Å². The maximum absolute atomic E-state index is 14.8. The number of aromatic hydroxyl groups is 1. The zero-order valence-electron chi connectivity index (χ0n) is 16.6. The highest BCUT2D eigenvalue weighted by atomic mass is 19.1. The maximum Gasteiger partial charge on any atom is 0.147 e. The van der Waals surface area contributed by atoms with Crippen LogP contribution < -0.4 is 10.2 Å². The predicted molar refractivity (Wildman–Crippen MR) is 109 cm³/mol. The van der Waals surface area contributed by atoms with Crippen LogP contribution in [-0.4, -0.2) is 59.6 Å². The number of nitrogens with one attached hydrogen (secondary N) is 1. The second-order valence-corrected chi connectivity index (χ2v) is 8.50. The summed E-state index contributed by atoms with van der Waals surface area (Å²) in [5.74, 6) is 1.19. The minimum Gasteiger partial charge on any atom is -0.507 e. The van der Waals surface area contributed by atoms with Gasteiger partial charge >= 0.3 is 0 Å². The SMILES string of the molecule is CN(c1cnc(-c2ccc([C@@H]3CCOC3)cc2O)cn1)[C@H]1CC2CCC(N2)[C@H]1F. The van der Waals surface area contributed by atoms with Crippen LogP contribution in [0.4, 0.5) is 10.2 Å². The number of nitrogens with zero attached hydrogens (tertiary/aromatic N) is 3. The fourth-order valence-corrected chi connectivity index (χ4v) is 4.98. The summed E-state index contributed by atoms with van der Waals surface area (Å²) in [6.07, 6.45) is 6.13. The normalized spacial score (nSPS) is 31.2. The van der Waals surface area contributed by atoms with Crippen LogP contribution in [0.1, 0.15) is 37.2 Å². The molecule has 2 unspecified atom stereocenters. The van der Waals surface area contributed by atoms with Gasteiger partial charge in [-0.05, 0) is 43.4 Å². The number of hydrogen-bond acceptors (Lipinski definition) is 6. The fourth-order valence-electron chi connectivity index (χ4n) is 4.98. The Balaban J connectivity index is 1.33. The number of hydrogen-bond donors (Lipinski definition) is 2. The van der Waals surface area contributed by atoms with Crippen molar-refractivity contribution in [3.8, 4) is 17.0 Å². The molecular formula is C22H27FN4O2. The second kappa shape index (κ2) is 7.54. The van der Waals surface area contributed by atoms with Gasteiger partial charge in [-0.15, -0.1) is 0 Å². The van der Waals surface area contributed by atoms with E-state index in [1.165, 1.54) is 0 Å². The van der Waals surface area contributed by atoms with E-state index in [4.69, 9.17) is 4.74 Å². The smallest absolute Gasteiger partial charge is 0.147 e. The number of piperidine rings is 1. The fraction of sp³-hybridized carbons (Fsp3) is 0.545. The van der Waals surface area contributed by atoms with Gasteiger partial charge in [0.25, 0.3) is 0 Å². The average Bonchev–Trinajstić information content (AvgIpc) is 3.41. The first-order chi connectivity index (χ1) is 14.1. The zero-order chi connectivity index (χ0) is 20.0. The Bertz CT molecular complexity index is 872. The van der Waals surface area contributed by atoms with Crippen LogP contribution in [0.5, 0.6) is 5.75 Å². The number of ether oxygens (including phenoxy) is 1. The minimum absolute atomic E-state index is 0.0471. The third-order valence-electron chi connectivity index (χ3n) is 6.75. The van der Waals surface area contributed by atoms with E-state index in [0.29, 0.717) is 35.6 Å². The van der Waals surface area contributed by atoms with Crippen LogP contribution in [0, 0.1) is 0 Å². The molecule has 5 rings (SSSR count). The monoisotopic (exact) mass is 398 g/mol. The van der Waals surface area contributed by atoms with E-state index in [1.807, 2.05) is 24.1 Å². The van der Waals surface area contributed by atoms with Crippen molar-refractivity contribution in [2.75, 3.05) is 25.2 Å². The molecule has 7 heteroatoms. The number of halogens is 1. The Kier molecular flexibility index (Phi) is 4.87. The van der Waals surface area contributed by atoms with E-state index in [2.05, 4.69) is 15.3 Å². The molecule has 2 aromatic rings.